The van der Waals surface area contributed by atoms with Gasteiger partial charge in [0.15, 0.2) is 0 Å². The molecule has 0 amide bonds. The van der Waals surface area contributed by atoms with E-state index in [4.69, 9.17) is 0 Å². The molecule has 48 heavy (non-hydrogen) atoms. The first kappa shape index (κ1) is 52.9. The van der Waals surface area contributed by atoms with E-state index in [1.165, 1.54) is 49.5 Å². The van der Waals surface area contributed by atoms with Crippen molar-refractivity contribution in [2.75, 3.05) is 12.0 Å². The van der Waals surface area contributed by atoms with E-state index in [2.05, 4.69) is 144 Å². The first-order valence-corrected chi connectivity index (χ1v) is 21.0. The minimum absolute atomic E-state index is 0.287. The predicted molar refractivity (Wildman–Crippen MR) is 219 cm³/mol. The highest BCUT2D eigenvalue weighted by Gasteiger charge is 2.02. The minimum Gasteiger partial charge on any atom is -0.300 e. The lowest BCUT2D eigenvalue weighted by Crippen LogP contribution is -2.03. The van der Waals surface area contributed by atoms with E-state index in [-0.39, 0.29) is 5.78 Å². The van der Waals surface area contributed by atoms with Crippen LogP contribution in [-0.2, 0) is 27.5 Å². The molecule has 0 aromatic heterocycles. The quantitative estimate of drug-likeness (QED) is 0.210. The SMILES string of the molecule is CC(=O)CC(C)C.CC(C)CCCS(C)(=O)=O.CC(C)Cc1ccccc1.CC(C)Cc1ccccc1.CCC(C)C.CCCC(C)C. The molecule has 0 unspecified atom stereocenters. The Balaban J connectivity index is -0.000000247. The highest BCUT2D eigenvalue weighted by Crippen LogP contribution is 2.07. The van der Waals surface area contributed by atoms with Crippen LogP contribution in [0.3, 0.4) is 0 Å². The summed E-state index contributed by atoms with van der Waals surface area (Å²) in [5, 5.41) is 0. The van der Waals surface area contributed by atoms with E-state index >= 15 is 0 Å². The van der Waals surface area contributed by atoms with Crippen LogP contribution in [0, 0.1) is 35.5 Å². The minimum atomic E-state index is -2.72. The molecule has 0 spiro atoms. The van der Waals surface area contributed by atoms with Crippen molar-refractivity contribution in [3.8, 4) is 0 Å². The van der Waals surface area contributed by atoms with Gasteiger partial charge in [-0.1, -0.05) is 183 Å². The third-order valence-electron chi connectivity index (χ3n) is 6.65. The Morgan fingerprint density at radius 1 is 0.562 bits per heavy atom. The fourth-order valence-electron chi connectivity index (χ4n) is 4.08. The Bertz CT molecular complexity index is 976. The lowest BCUT2D eigenvalue weighted by molar-refractivity contribution is -0.117. The van der Waals surface area contributed by atoms with Crippen LogP contribution in [0.2, 0.25) is 0 Å². The molecule has 0 radical (unpaired) electrons. The monoisotopic (exact) mass is 691 g/mol. The van der Waals surface area contributed by atoms with Gasteiger partial charge in [0.05, 0.1) is 0 Å². The van der Waals surface area contributed by atoms with Crippen molar-refractivity contribution < 1.29 is 13.2 Å². The Hall–Kier alpha value is -1.94. The number of benzene rings is 2. The Labute approximate surface area is 302 Å². The molecular weight excluding hydrogens is 609 g/mol. The summed E-state index contributed by atoms with van der Waals surface area (Å²) in [5.74, 6) is 5.08. The predicted octanol–water partition coefficient (Wildman–Crippen LogP) is 13.4. The van der Waals surface area contributed by atoms with Gasteiger partial charge in [0, 0.05) is 18.4 Å². The van der Waals surface area contributed by atoms with E-state index < -0.39 is 9.84 Å². The number of ketones is 1. The first-order valence-electron chi connectivity index (χ1n) is 18.9. The van der Waals surface area contributed by atoms with Gasteiger partial charge in [-0.25, -0.2) is 8.42 Å². The molecule has 0 N–H and O–H groups in total. The topological polar surface area (TPSA) is 51.2 Å². The van der Waals surface area contributed by atoms with E-state index in [9.17, 15) is 13.2 Å². The highest BCUT2D eigenvalue weighted by molar-refractivity contribution is 7.90. The van der Waals surface area contributed by atoms with Crippen LogP contribution in [0.5, 0.6) is 0 Å². The Morgan fingerprint density at radius 3 is 1.08 bits per heavy atom. The normalized spacial score (nSPS) is 10.5. The van der Waals surface area contributed by atoms with Gasteiger partial charge in [0.2, 0.25) is 0 Å². The van der Waals surface area contributed by atoms with Crippen LogP contribution in [-0.4, -0.2) is 26.2 Å². The van der Waals surface area contributed by atoms with Gasteiger partial charge in [-0.2, -0.15) is 0 Å². The molecule has 0 fully saturated rings. The third kappa shape index (κ3) is 56.4. The molecule has 2 rings (SSSR count). The Kier molecular flexibility index (Phi) is 38.4. The number of sulfone groups is 1. The number of rotatable bonds is 13. The molecular formula is C44H82O3S. The van der Waals surface area contributed by atoms with Crippen LogP contribution in [0.15, 0.2) is 60.7 Å². The molecule has 0 saturated carbocycles. The third-order valence-corrected chi connectivity index (χ3v) is 7.68. The number of hydrogen-bond donors (Lipinski definition) is 0. The van der Waals surface area contributed by atoms with Crippen LogP contribution in [0.1, 0.15) is 154 Å². The van der Waals surface area contributed by atoms with Crippen molar-refractivity contribution >= 4 is 15.6 Å². The largest absolute Gasteiger partial charge is 0.300 e. The molecule has 0 aliphatic carbocycles. The van der Waals surface area contributed by atoms with Gasteiger partial charge < -0.3 is 4.79 Å². The summed E-state index contributed by atoms with van der Waals surface area (Å²) in [6.07, 6.45) is 10.2. The zero-order valence-electron chi connectivity index (χ0n) is 34.7. The summed E-state index contributed by atoms with van der Waals surface area (Å²) in [6.45, 7) is 32.3. The summed E-state index contributed by atoms with van der Waals surface area (Å²) in [7, 11) is -2.72. The molecule has 0 bridgehead atoms. The molecule has 0 saturated heterocycles. The fourth-order valence-corrected chi connectivity index (χ4v) is 4.77. The molecule has 2 aromatic rings. The molecule has 0 heterocycles. The summed E-state index contributed by atoms with van der Waals surface area (Å²) >= 11 is 0. The maximum Gasteiger partial charge on any atom is 0.147 e. The standard InChI is InChI=1S/2C10H14.C7H16O2S.C6H12O.C6H14.C5H12/c2*1-9(2)8-10-6-4-3-5-7-10;1-7(2)5-4-6-10(3,8)9;1-5(2)4-6(3)7;1-4-5-6(2)3;1-4-5(2)3/h2*3-7,9H,8H2,1-2H3;7H,4-6H2,1-3H3;5H,4H2,1-3H3;6H,4-5H2,1-3H3;5H,4H2,1-3H3. The van der Waals surface area contributed by atoms with Gasteiger partial charge >= 0.3 is 0 Å². The summed E-state index contributed by atoms with van der Waals surface area (Å²) < 4.78 is 21.2. The van der Waals surface area contributed by atoms with Gasteiger partial charge in [-0.3, -0.25) is 0 Å². The molecule has 4 heteroatoms. The average Bonchev–Trinajstić information content (AvgIpc) is 2.93. The second-order valence-corrected chi connectivity index (χ2v) is 17.9. The smallest absolute Gasteiger partial charge is 0.147 e. The van der Waals surface area contributed by atoms with Crippen molar-refractivity contribution in [2.45, 2.75) is 155 Å². The fraction of sp³-hybridized carbons (Fsp3) is 0.705. The summed E-state index contributed by atoms with van der Waals surface area (Å²) in [4.78, 5) is 10.3. The molecule has 3 nitrogen and oxygen atoms in total. The molecule has 282 valence electrons. The van der Waals surface area contributed by atoms with Gasteiger partial charge in [-0.15, -0.1) is 0 Å². The van der Waals surface area contributed by atoms with Crippen LogP contribution < -0.4 is 0 Å². The maximum atomic E-state index is 10.6. The molecule has 0 atom stereocenters. The molecule has 0 aliphatic rings. The van der Waals surface area contributed by atoms with Crippen molar-refractivity contribution in [2.24, 2.45) is 35.5 Å². The van der Waals surface area contributed by atoms with Crippen molar-refractivity contribution in [3.63, 3.8) is 0 Å². The van der Waals surface area contributed by atoms with E-state index in [1.54, 1.807) is 6.92 Å². The zero-order chi connectivity index (χ0) is 38.1. The van der Waals surface area contributed by atoms with Crippen molar-refractivity contribution in [1.82, 2.24) is 0 Å². The van der Waals surface area contributed by atoms with Crippen LogP contribution >= 0.6 is 0 Å². The van der Waals surface area contributed by atoms with E-state index in [0.29, 0.717) is 17.6 Å². The van der Waals surface area contributed by atoms with Crippen molar-refractivity contribution in [3.05, 3.63) is 71.8 Å². The molecule has 0 aliphatic heterocycles. The first-order chi connectivity index (χ1) is 22.2. The lowest BCUT2D eigenvalue weighted by Gasteiger charge is -2.02. The second kappa shape index (κ2) is 34.9. The van der Waals surface area contributed by atoms with Gasteiger partial charge in [0.1, 0.15) is 15.6 Å². The summed E-state index contributed by atoms with van der Waals surface area (Å²) in [5.41, 5.74) is 2.88. The van der Waals surface area contributed by atoms with Crippen LogP contribution in [0.4, 0.5) is 0 Å². The lowest BCUT2D eigenvalue weighted by atomic mass is 10.0. The van der Waals surface area contributed by atoms with Gasteiger partial charge in [-0.05, 0) is 72.8 Å². The van der Waals surface area contributed by atoms with E-state index in [1.807, 2.05) is 13.8 Å². The molecule has 2 aromatic carbocycles. The second-order valence-electron chi connectivity index (χ2n) is 15.6. The average molecular weight is 691 g/mol. The van der Waals surface area contributed by atoms with Crippen LogP contribution in [0.25, 0.3) is 0 Å². The van der Waals surface area contributed by atoms with E-state index in [0.717, 1.165) is 42.9 Å². The number of carbonyl (C=O) groups is 1. The van der Waals surface area contributed by atoms with Gasteiger partial charge in [0.25, 0.3) is 0 Å². The van der Waals surface area contributed by atoms with Crippen molar-refractivity contribution in [1.29, 1.82) is 0 Å². The number of hydrogen-bond acceptors (Lipinski definition) is 3. The zero-order valence-corrected chi connectivity index (χ0v) is 35.6. The summed E-state index contributed by atoms with van der Waals surface area (Å²) in [6, 6.07) is 21.2. The number of carbonyl (C=O) groups excluding carboxylic acids is 1. The highest BCUT2D eigenvalue weighted by atomic mass is 32.2. The maximum absolute atomic E-state index is 10.6. The Morgan fingerprint density at radius 2 is 0.917 bits per heavy atom. The number of Topliss-reactive ketones (excluding diaryl/α,β-unsaturated/α-hetero) is 1.